The summed E-state index contributed by atoms with van der Waals surface area (Å²) in [4.78, 5) is 11.0. The molecule has 27 heavy (non-hydrogen) atoms. The predicted molar refractivity (Wildman–Crippen MR) is 104 cm³/mol. The third-order valence-electron chi connectivity index (χ3n) is 6.83. The van der Waals surface area contributed by atoms with Crippen LogP contribution in [0.3, 0.4) is 0 Å². The van der Waals surface area contributed by atoms with E-state index in [1.807, 2.05) is 31.2 Å². The fourth-order valence-corrected chi connectivity index (χ4v) is 5.86. The summed E-state index contributed by atoms with van der Waals surface area (Å²) in [7, 11) is 0. The van der Waals surface area contributed by atoms with Crippen LogP contribution in [-0.2, 0) is 0 Å². The predicted octanol–water partition coefficient (Wildman–Crippen LogP) is 5.29. The van der Waals surface area contributed by atoms with Gasteiger partial charge < -0.3 is 10.1 Å². The Labute approximate surface area is 158 Å². The zero-order valence-corrected chi connectivity index (χ0v) is 15.4. The largest absolute Gasteiger partial charge is 0.494 e. The number of hydrogen-bond acceptors (Lipinski definition) is 4. The molecule has 1 N–H and O–H groups in total. The molecular weight excluding hydrogens is 340 g/mol. The van der Waals surface area contributed by atoms with Crippen LogP contribution in [0, 0.1) is 27.9 Å². The van der Waals surface area contributed by atoms with E-state index in [-0.39, 0.29) is 16.7 Å². The first-order valence-electron chi connectivity index (χ1n) is 9.93. The van der Waals surface area contributed by atoms with Crippen LogP contribution < -0.4 is 10.1 Å². The minimum Gasteiger partial charge on any atom is -0.494 e. The van der Waals surface area contributed by atoms with Crippen LogP contribution in [0.2, 0.25) is 0 Å². The smallest absolute Gasteiger partial charge is 0.269 e. The van der Waals surface area contributed by atoms with Crippen molar-refractivity contribution in [3.8, 4) is 5.75 Å². The highest BCUT2D eigenvalue weighted by Crippen LogP contribution is 2.63. The van der Waals surface area contributed by atoms with E-state index in [0.29, 0.717) is 30.3 Å². The second-order valence-electron chi connectivity index (χ2n) is 8.09. The summed E-state index contributed by atoms with van der Waals surface area (Å²) in [5.41, 5.74) is 3.71. The Bertz CT molecular complexity index is 880. The lowest BCUT2D eigenvalue weighted by Crippen LogP contribution is -2.35. The third-order valence-corrected chi connectivity index (χ3v) is 6.83. The number of hydrogen-bond donors (Lipinski definition) is 1. The molecule has 0 unspecified atom stereocenters. The van der Waals surface area contributed by atoms with Crippen molar-refractivity contribution >= 4 is 11.4 Å². The zero-order valence-electron chi connectivity index (χ0n) is 15.4. The summed E-state index contributed by atoms with van der Waals surface area (Å²) in [5.74, 6) is 3.20. The van der Waals surface area contributed by atoms with E-state index in [1.54, 1.807) is 6.07 Å². The highest BCUT2D eigenvalue weighted by molar-refractivity contribution is 5.62. The van der Waals surface area contributed by atoms with Gasteiger partial charge in [-0.25, -0.2) is 0 Å². The monoisotopic (exact) mass is 364 g/mol. The molecule has 0 spiro atoms. The Morgan fingerprint density at radius 1 is 1.15 bits per heavy atom. The summed E-state index contributed by atoms with van der Waals surface area (Å²) in [6.07, 6.45) is 3.79. The van der Waals surface area contributed by atoms with Crippen molar-refractivity contribution in [3.63, 3.8) is 0 Å². The first-order chi connectivity index (χ1) is 13.2. The lowest BCUT2D eigenvalue weighted by Gasteiger charge is -2.43. The van der Waals surface area contributed by atoms with Gasteiger partial charge >= 0.3 is 0 Å². The lowest BCUT2D eigenvalue weighted by molar-refractivity contribution is -0.384. The number of nitro groups is 1. The van der Waals surface area contributed by atoms with Gasteiger partial charge in [-0.1, -0.05) is 12.1 Å². The average Bonchev–Trinajstić information content (AvgIpc) is 3.30. The highest BCUT2D eigenvalue weighted by Gasteiger charge is 2.54. The normalized spacial score (nSPS) is 30.3. The maximum atomic E-state index is 11.3. The number of rotatable bonds is 4. The van der Waals surface area contributed by atoms with Crippen molar-refractivity contribution in [2.75, 3.05) is 11.9 Å². The van der Waals surface area contributed by atoms with Gasteiger partial charge in [0.2, 0.25) is 0 Å². The van der Waals surface area contributed by atoms with E-state index in [4.69, 9.17) is 4.74 Å². The molecular formula is C22H24N2O3. The summed E-state index contributed by atoms with van der Waals surface area (Å²) in [5, 5.41) is 15.0. The topological polar surface area (TPSA) is 64.4 Å². The molecule has 0 amide bonds. The molecule has 2 aliphatic carbocycles. The van der Waals surface area contributed by atoms with E-state index >= 15 is 0 Å². The Morgan fingerprint density at radius 3 is 2.67 bits per heavy atom. The molecule has 3 aliphatic rings. The van der Waals surface area contributed by atoms with Crippen LogP contribution >= 0.6 is 0 Å². The second-order valence-corrected chi connectivity index (χ2v) is 8.09. The summed E-state index contributed by atoms with van der Waals surface area (Å²) >= 11 is 0. The van der Waals surface area contributed by atoms with Gasteiger partial charge in [0, 0.05) is 17.8 Å². The Morgan fingerprint density at radius 2 is 1.93 bits per heavy atom. The van der Waals surface area contributed by atoms with Crippen LogP contribution in [0.1, 0.15) is 49.3 Å². The van der Waals surface area contributed by atoms with Gasteiger partial charge in [-0.3, -0.25) is 10.1 Å². The van der Waals surface area contributed by atoms with E-state index < -0.39 is 0 Å². The number of nitrogens with zero attached hydrogens (tertiary/aromatic N) is 1. The Kier molecular flexibility index (Phi) is 3.85. The van der Waals surface area contributed by atoms with Gasteiger partial charge in [-0.15, -0.1) is 0 Å². The minimum absolute atomic E-state index is 0.205. The number of fused-ring (bicyclic) bond motifs is 7. The summed E-state index contributed by atoms with van der Waals surface area (Å²) in [6, 6.07) is 14.0. The Hall–Kier alpha value is -2.56. The number of benzene rings is 2. The second kappa shape index (κ2) is 6.25. The van der Waals surface area contributed by atoms with E-state index in [2.05, 4.69) is 17.4 Å². The van der Waals surface area contributed by atoms with E-state index in [0.717, 1.165) is 17.0 Å². The maximum absolute atomic E-state index is 11.3. The van der Waals surface area contributed by atoms with Gasteiger partial charge in [-0.2, -0.15) is 0 Å². The molecule has 5 atom stereocenters. The van der Waals surface area contributed by atoms with Crippen molar-refractivity contribution in [2.45, 2.75) is 38.1 Å². The van der Waals surface area contributed by atoms with Crippen LogP contribution in [0.15, 0.2) is 42.5 Å². The average molecular weight is 364 g/mol. The standard InChI is InChI=1S/C22H24N2O3/c1-2-27-17-8-5-13(6-9-17)22-21-15-4-3-14(11-15)20(21)18-12-16(24(25)26)7-10-19(18)23-22/h5-10,12,14-15,20-23H,2-4,11H2,1H3/t14-,15-,20+,21-,22+/m0/s1. The van der Waals surface area contributed by atoms with Crippen molar-refractivity contribution in [1.29, 1.82) is 0 Å². The lowest BCUT2D eigenvalue weighted by atomic mass is 9.68. The molecule has 2 saturated carbocycles. The fourth-order valence-electron chi connectivity index (χ4n) is 5.86. The number of non-ortho nitro benzene ring substituents is 1. The molecule has 5 rings (SSSR count). The van der Waals surface area contributed by atoms with Gasteiger partial charge in [0.05, 0.1) is 17.6 Å². The number of ether oxygens (including phenoxy) is 1. The molecule has 0 radical (unpaired) electrons. The molecule has 140 valence electrons. The fraction of sp³-hybridized carbons (Fsp3) is 0.455. The highest BCUT2D eigenvalue weighted by atomic mass is 16.6. The molecule has 1 aliphatic heterocycles. The number of nitrogens with one attached hydrogen (secondary N) is 1. The van der Waals surface area contributed by atoms with Crippen LogP contribution in [-0.4, -0.2) is 11.5 Å². The van der Waals surface area contributed by atoms with Crippen molar-refractivity contribution in [2.24, 2.45) is 17.8 Å². The SMILES string of the molecule is CCOc1ccc([C@H]2Nc3ccc([N+](=O)[O-])cc3[C@H]3[C@H]4CC[C@@H](C4)[C@@H]32)cc1. The quantitative estimate of drug-likeness (QED) is 0.591. The first-order valence-corrected chi connectivity index (χ1v) is 9.93. The van der Waals surface area contributed by atoms with Gasteiger partial charge in [0.1, 0.15) is 5.75 Å². The van der Waals surface area contributed by atoms with Crippen LogP contribution in [0.5, 0.6) is 5.75 Å². The van der Waals surface area contributed by atoms with Crippen molar-refractivity contribution < 1.29 is 9.66 Å². The van der Waals surface area contributed by atoms with Crippen LogP contribution in [0.4, 0.5) is 11.4 Å². The van der Waals surface area contributed by atoms with Gasteiger partial charge in [0.25, 0.3) is 5.69 Å². The van der Waals surface area contributed by atoms with Gasteiger partial charge in [-0.05, 0) is 79.2 Å². The van der Waals surface area contributed by atoms with Gasteiger partial charge in [0.15, 0.2) is 0 Å². The van der Waals surface area contributed by atoms with E-state index in [1.165, 1.54) is 24.8 Å². The van der Waals surface area contributed by atoms with Crippen molar-refractivity contribution in [3.05, 3.63) is 63.7 Å². The number of nitro benzene ring substituents is 1. The zero-order chi connectivity index (χ0) is 18.5. The molecule has 5 nitrogen and oxygen atoms in total. The van der Waals surface area contributed by atoms with Crippen LogP contribution in [0.25, 0.3) is 0 Å². The molecule has 2 fully saturated rings. The Balaban J connectivity index is 1.55. The first kappa shape index (κ1) is 16.6. The molecule has 5 heteroatoms. The summed E-state index contributed by atoms with van der Waals surface area (Å²) < 4.78 is 5.59. The third kappa shape index (κ3) is 2.59. The van der Waals surface area contributed by atoms with Crippen molar-refractivity contribution in [1.82, 2.24) is 0 Å². The molecule has 2 aromatic carbocycles. The molecule has 1 heterocycles. The molecule has 2 aromatic rings. The molecule has 0 aromatic heterocycles. The maximum Gasteiger partial charge on any atom is 0.269 e. The molecule has 2 bridgehead atoms. The number of anilines is 1. The summed E-state index contributed by atoms with van der Waals surface area (Å²) in [6.45, 7) is 2.66. The van der Waals surface area contributed by atoms with E-state index in [9.17, 15) is 10.1 Å². The molecule has 0 saturated heterocycles. The minimum atomic E-state index is -0.277.